The first kappa shape index (κ1) is 21.1. The number of amides is 1. The summed E-state index contributed by atoms with van der Waals surface area (Å²) in [6.45, 7) is 5.85. The lowest BCUT2D eigenvalue weighted by Gasteiger charge is -2.41. The van der Waals surface area contributed by atoms with E-state index in [-0.39, 0.29) is 5.91 Å². The summed E-state index contributed by atoms with van der Waals surface area (Å²) in [7, 11) is 3.47. The number of aryl methyl sites for hydroxylation is 1. The molecule has 0 saturated heterocycles. The Kier molecular flexibility index (Phi) is 6.45. The maximum atomic E-state index is 13.5. The molecule has 1 amide bonds. The molecule has 27 heavy (non-hydrogen) atoms. The second kappa shape index (κ2) is 8.24. The summed E-state index contributed by atoms with van der Waals surface area (Å²) < 4.78 is 0. The average molecular weight is 369 g/mol. The molecule has 0 spiro atoms. The Hall–Kier alpha value is -2.17. The van der Waals surface area contributed by atoms with E-state index < -0.39 is 17.1 Å². The summed E-state index contributed by atoms with van der Waals surface area (Å²) in [6, 6.07) is 17.3. The highest BCUT2D eigenvalue weighted by Crippen LogP contribution is 2.44. The lowest BCUT2D eigenvalue weighted by Crippen LogP contribution is -2.50. The van der Waals surface area contributed by atoms with Crippen LogP contribution in [0.5, 0.6) is 0 Å². The largest absolute Gasteiger partial charge is 0.387 e. The molecule has 0 aliphatic carbocycles. The van der Waals surface area contributed by atoms with E-state index in [1.165, 1.54) is 0 Å². The van der Waals surface area contributed by atoms with Gasteiger partial charge in [0, 0.05) is 19.6 Å². The van der Waals surface area contributed by atoms with E-state index in [1.807, 2.05) is 75.4 Å². The molecule has 0 heterocycles. The molecule has 2 rings (SSSR count). The van der Waals surface area contributed by atoms with Crippen molar-refractivity contribution < 1.29 is 9.90 Å². The molecule has 146 valence electrons. The molecule has 2 aromatic rings. The minimum Gasteiger partial charge on any atom is -0.387 e. The van der Waals surface area contributed by atoms with Gasteiger partial charge in [-0.15, -0.1) is 0 Å². The molecule has 2 aromatic carbocycles. The van der Waals surface area contributed by atoms with Gasteiger partial charge in [-0.1, -0.05) is 54.6 Å². The predicted octanol–water partition coefficient (Wildman–Crippen LogP) is 3.57. The summed E-state index contributed by atoms with van der Waals surface area (Å²) in [5.41, 5.74) is 7.25. The Balaban J connectivity index is 2.70. The van der Waals surface area contributed by atoms with Gasteiger partial charge in [0.2, 0.25) is 5.91 Å². The van der Waals surface area contributed by atoms with Gasteiger partial charge in [0.1, 0.15) is 5.41 Å². The average Bonchev–Trinajstić information content (AvgIpc) is 2.62. The third-order valence-corrected chi connectivity index (χ3v) is 5.19. The van der Waals surface area contributed by atoms with E-state index in [9.17, 15) is 9.90 Å². The van der Waals surface area contributed by atoms with Gasteiger partial charge >= 0.3 is 0 Å². The number of aliphatic hydroxyl groups is 1. The molecule has 0 radical (unpaired) electrons. The van der Waals surface area contributed by atoms with Gasteiger partial charge in [-0.2, -0.15) is 0 Å². The molecule has 0 saturated carbocycles. The van der Waals surface area contributed by atoms with Crippen LogP contribution in [0.25, 0.3) is 0 Å². The van der Waals surface area contributed by atoms with Crippen LogP contribution in [0.4, 0.5) is 0 Å². The lowest BCUT2D eigenvalue weighted by atomic mass is 9.67. The number of hydrogen-bond donors (Lipinski definition) is 2. The maximum absolute atomic E-state index is 13.5. The quantitative estimate of drug-likeness (QED) is 0.785. The van der Waals surface area contributed by atoms with E-state index in [2.05, 4.69) is 0 Å². The number of carbonyl (C=O) groups excluding carboxylic acids is 1. The van der Waals surface area contributed by atoms with Gasteiger partial charge in [0.05, 0.1) is 6.10 Å². The van der Waals surface area contributed by atoms with Crippen LogP contribution in [-0.2, 0) is 10.2 Å². The van der Waals surface area contributed by atoms with Crippen LogP contribution in [0.1, 0.15) is 49.5 Å². The molecule has 2 atom stereocenters. The monoisotopic (exact) mass is 368 g/mol. The molecule has 0 bridgehead atoms. The normalized spacial score (nSPS) is 15.1. The highest BCUT2D eigenvalue weighted by atomic mass is 16.3. The number of hydrogen-bond acceptors (Lipinski definition) is 3. The highest BCUT2D eigenvalue weighted by Gasteiger charge is 2.48. The molecule has 3 N–H and O–H groups in total. The van der Waals surface area contributed by atoms with Gasteiger partial charge in [0.25, 0.3) is 0 Å². The molecule has 0 aromatic heterocycles. The SMILES string of the molecule is Cc1ccccc1C(O)C(CCC(C)(C)N)(C(=O)N(C)C)c1ccccc1. The van der Waals surface area contributed by atoms with Crippen LogP contribution in [0.2, 0.25) is 0 Å². The molecule has 4 nitrogen and oxygen atoms in total. The predicted molar refractivity (Wildman–Crippen MR) is 110 cm³/mol. The molecular formula is C23H32N2O2. The molecule has 4 heteroatoms. The van der Waals surface area contributed by atoms with E-state index >= 15 is 0 Å². The van der Waals surface area contributed by atoms with Crippen molar-refractivity contribution in [3.05, 3.63) is 71.3 Å². The lowest BCUT2D eigenvalue weighted by molar-refractivity contribution is -0.140. The van der Waals surface area contributed by atoms with Crippen molar-refractivity contribution in [2.75, 3.05) is 14.1 Å². The van der Waals surface area contributed by atoms with Crippen molar-refractivity contribution in [2.45, 2.75) is 50.7 Å². The first-order valence-corrected chi connectivity index (χ1v) is 9.39. The van der Waals surface area contributed by atoms with Crippen LogP contribution in [0, 0.1) is 6.92 Å². The minimum absolute atomic E-state index is 0.117. The molecule has 0 aliphatic rings. The summed E-state index contributed by atoms with van der Waals surface area (Å²) in [5.74, 6) is -0.117. The van der Waals surface area contributed by atoms with E-state index in [0.29, 0.717) is 12.8 Å². The van der Waals surface area contributed by atoms with E-state index in [1.54, 1.807) is 19.0 Å². The summed E-state index contributed by atoms with van der Waals surface area (Å²) in [5, 5.41) is 11.6. The Morgan fingerprint density at radius 1 is 1.04 bits per heavy atom. The number of aliphatic hydroxyl groups excluding tert-OH is 1. The number of nitrogens with two attached hydrogens (primary N) is 1. The van der Waals surface area contributed by atoms with E-state index in [4.69, 9.17) is 5.73 Å². The van der Waals surface area contributed by atoms with Gasteiger partial charge in [-0.3, -0.25) is 4.79 Å². The van der Waals surface area contributed by atoms with Gasteiger partial charge in [0.15, 0.2) is 0 Å². The number of rotatable bonds is 7. The molecule has 0 aliphatic heterocycles. The number of likely N-dealkylation sites (N-methyl/N-ethyl adjacent to an activating group) is 1. The zero-order valence-corrected chi connectivity index (χ0v) is 17.1. The Morgan fingerprint density at radius 2 is 1.59 bits per heavy atom. The number of carbonyl (C=O) groups is 1. The van der Waals surface area contributed by atoms with Crippen LogP contribution in [-0.4, -0.2) is 35.5 Å². The van der Waals surface area contributed by atoms with Crippen LogP contribution < -0.4 is 5.73 Å². The molecule has 2 unspecified atom stereocenters. The van der Waals surface area contributed by atoms with Gasteiger partial charge < -0.3 is 15.7 Å². The van der Waals surface area contributed by atoms with E-state index in [0.717, 1.165) is 16.7 Å². The Bertz CT molecular complexity index is 765. The zero-order chi connectivity index (χ0) is 20.2. The standard InChI is InChI=1S/C23H32N2O2/c1-17-11-9-10-14-19(17)20(26)23(21(27)25(4)5,16-15-22(2,3)24)18-12-7-6-8-13-18/h6-14,20,26H,15-16,24H2,1-5H3. The highest BCUT2D eigenvalue weighted by molar-refractivity contribution is 5.89. The topological polar surface area (TPSA) is 66.6 Å². The van der Waals surface area contributed by atoms with Crippen molar-refractivity contribution in [3.8, 4) is 0 Å². The number of nitrogens with zero attached hydrogens (tertiary/aromatic N) is 1. The Morgan fingerprint density at radius 3 is 2.11 bits per heavy atom. The molecular weight excluding hydrogens is 336 g/mol. The summed E-state index contributed by atoms with van der Waals surface area (Å²) >= 11 is 0. The number of benzene rings is 2. The fraction of sp³-hybridized carbons (Fsp3) is 0.435. The first-order valence-electron chi connectivity index (χ1n) is 9.39. The zero-order valence-electron chi connectivity index (χ0n) is 17.1. The maximum Gasteiger partial charge on any atom is 0.235 e. The van der Waals surface area contributed by atoms with Crippen LogP contribution >= 0.6 is 0 Å². The van der Waals surface area contributed by atoms with Crippen LogP contribution in [0.3, 0.4) is 0 Å². The van der Waals surface area contributed by atoms with Crippen molar-refractivity contribution in [3.63, 3.8) is 0 Å². The molecule has 0 fully saturated rings. The van der Waals surface area contributed by atoms with Crippen molar-refractivity contribution >= 4 is 5.91 Å². The minimum atomic E-state index is -1.10. The van der Waals surface area contributed by atoms with Crippen molar-refractivity contribution in [1.29, 1.82) is 0 Å². The first-order chi connectivity index (χ1) is 12.6. The third-order valence-electron chi connectivity index (χ3n) is 5.19. The van der Waals surface area contributed by atoms with Crippen molar-refractivity contribution in [2.24, 2.45) is 5.73 Å². The van der Waals surface area contributed by atoms with Crippen molar-refractivity contribution in [1.82, 2.24) is 4.90 Å². The van der Waals surface area contributed by atoms with Crippen LogP contribution in [0.15, 0.2) is 54.6 Å². The fourth-order valence-electron chi connectivity index (χ4n) is 3.60. The fourth-order valence-corrected chi connectivity index (χ4v) is 3.60. The second-order valence-electron chi connectivity index (χ2n) is 8.28. The smallest absolute Gasteiger partial charge is 0.235 e. The van der Waals surface area contributed by atoms with Gasteiger partial charge in [-0.25, -0.2) is 0 Å². The summed E-state index contributed by atoms with van der Waals surface area (Å²) in [4.78, 5) is 15.1. The van der Waals surface area contributed by atoms with Gasteiger partial charge in [-0.05, 0) is 50.3 Å². The second-order valence-corrected chi connectivity index (χ2v) is 8.28. The third kappa shape index (κ3) is 4.57. The summed E-state index contributed by atoms with van der Waals surface area (Å²) in [6.07, 6.45) is 0.0793. The Labute approximate surface area is 163 Å².